The predicted molar refractivity (Wildman–Crippen MR) is 107 cm³/mol. The largest absolute Gasteiger partial charge is 0.477 e. The summed E-state index contributed by atoms with van der Waals surface area (Å²) in [5, 5.41) is 17.6. The number of anilines is 2. The fraction of sp³-hybridized carbons (Fsp3) is 0.200. The second-order valence-electron chi connectivity index (χ2n) is 7.23. The van der Waals surface area contributed by atoms with Gasteiger partial charge in [-0.3, -0.25) is 4.79 Å². The van der Waals surface area contributed by atoms with Crippen LogP contribution in [0.1, 0.15) is 40.4 Å². The average Bonchev–Trinajstić information content (AvgIpc) is 3.53. The van der Waals surface area contributed by atoms with E-state index in [2.05, 4.69) is 10.2 Å². The maximum Gasteiger partial charge on any atom is 0.341 e. The van der Waals surface area contributed by atoms with Crippen LogP contribution in [-0.2, 0) is 0 Å². The first-order valence-electron chi connectivity index (χ1n) is 9.12. The summed E-state index contributed by atoms with van der Waals surface area (Å²) < 4.78 is 16.5. The number of nitrogen functional groups attached to an aromatic ring is 1. The van der Waals surface area contributed by atoms with E-state index in [0.717, 1.165) is 24.5 Å². The Morgan fingerprint density at radius 3 is 2.76 bits per heavy atom. The first kappa shape index (κ1) is 17.4. The number of halogens is 1. The summed E-state index contributed by atoms with van der Waals surface area (Å²) in [6, 6.07) is 7.17. The van der Waals surface area contributed by atoms with Crippen molar-refractivity contribution in [3.05, 3.63) is 63.2 Å². The summed E-state index contributed by atoms with van der Waals surface area (Å²) in [6.07, 6.45) is 4.12. The molecule has 1 aromatic heterocycles. The number of amidine groups is 1. The number of fused-ring (bicyclic) bond motifs is 3. The van der Waals surface area contributed by atoms with E-state index in [0.29, 0.717) is 17.2 Å². The molecule has 3 heterocycles. The molecule has 9 heteroatoms. The quantitative estimate of drug-likeness (QED) is 0.778. The van der Waals surface area contributed by atoms with E-state index in [9.17, 15) is 19.1 Å². The maximum atomic E-state index is 14.8. The van der Waals surface area contributed by atoms with E-state index in [1.807, 2.05) is 6.07 Å². The molecule has 0 spiro atoms. The van der Waals surface area contributed by atoms with Crippen molar-refractivity contribution >= 4 is 35.1 Å². The van der Waals surface area contributed by atoms with Crippen molar-refractivity contribution in [3.8, 4) is 0 Å². The van der Waals surface area contributed by atoms with Gasteiger partial charge in [-0.05, 0) is 31.1 Å². The molecule has 1 aromatic carbocycles. The lowest BCUT2D eigenvalue weighted by Crippen LogP contribution is -2.44. The lowest BCUT2D eigenvalue weighted by atomic mass is 10.0. The van der Waals surface area contributed by atoms with E-state index in [4.69, 9.17) is 5.73 Å². The zero-order valence-electron chi connectivity index (χ0n) is 15.2. The van der Waals surface area contributed by atoms with E-state index in [1.54, 1.807) is 27.7 Å². The molecule has 3 aliphatic rings. The molecule has 3 N–H and O–H groups in total. The van der Waals surface area contributed by atoms with Crippen LogP contribution in [0.3, 0.4) is 0 Å². The topological polar surface area (TPSA) is 113 Å². The zero-order valence-corrected chi connectivity index (χ0v) is 15.2. The number of aromatic nitrogens is 1. The van der Waals surface area contributed by atoms with Crippen molar-refractivity contribution in [2.45, 2.75) is 18.9 Å². The van der Waals surface area contributed by atoms with Crippen molar-refractivity contribution in [2.75, 3.05) is 17.2 Å². The van der Waals surface area contributed by atoms with Crippen LogP contribution in [-0.4, -0.2) is 33.7 Å². The van der Waals surface area contributed by atoms with Crippen LogP contribution in [0.25, 0.3) is 6.08 Å². The molecule has 146 valence electrons. The van der Waals surface area contributed by atoms with Gasteiger partial charge in [0.25, 0.3) is 0 Å². The lowest BCUT2D eigenvalue weighted by molar-refractivity contribution is 0.0694. The number of nitrogens with two attached hydrogens (primary N) is 1. The number of hydrogen-bond donors (Lipinski definition) is 2. The lowest BCUT2D eigenvalue weighted by Gasteiger charge is -2.34. The Bertz CT molecular complexity index is 1220. The molecule has 0 atom stereocenters. The van der Waals surface area contributed by atoms with Crippen LogP contribution >= 0.6 is 0 Å². The van der Waals surface area contributed by atoms with Gasteiger partial charge >= 0.3 is 5.97 Å². The molecule has 0 radical (unpaired) electrons. The average molecular weight is 393 g/mol. The summed E-state index contributed by atoms with van der Waals surface area (Å²) in [5.74, 6) is -1.61. The molecule has 2 aliphatic heterocycles. The highest BCUT2D eigenvalue weighted by atomic mass is 19.1. The first-order valence-corrected chi connectivity index (χ1v) is 9.12. The highest BCUT2D eigenvalue weighted by Gasteiger charge is 2.37. The fourth-order valence-corrected chi connectivity index (χ4v) is 3.67. The molecular formula is C20H16FN5O3. The van der Waals surface area contributed by atoms with Gasteiger partial charge in [-0.15, -0.1) is 5.10 Å². The van der Waals surface area contributed by atoms with Crippen LogP contribution in [0.15, 0.2) is 51.3 Å². The molecule has 1 fully saturated rings. The fourth-order valence-electron chi connectivity index (χ4n) is 3.67. The van der Waals surface area contributed by atoms with Gasteiger partial charge < -0.3 is 20.3 Å². The van der Waals surface area contributed by atoms with Gasteiger partial charge in [-0.25, -0.2) is 9.18 Å². The number of benzene rings is 1. The smallest absolute Gasteiger partial charge is 0.341 e. The van der Waals surface area contributed by atoms with Gasteiger partial charge in [0.2, 0.25) is 5.43 Å². The molecule has 29 heavy (non-hydrogen) atoms. The minimum absolute atomic E-state index is 0.00188. The first-order chi connectivity index (χ1) is 13.9. The minimum Gasteiger partial charge on any atom is -0.477 e. The molecule has 5 rings (SSSR count). The van der Waals surface area contributed by atoms with Crippen molar-refractivity contribution in [1.29, 1.82) is 0 Å². The van der Waals surface area contributed by atoms with E-state index < -0.39 is 17.2 Å². The van der Waals surface area contributed by atoms with Crippen LogP contribution in [0, 0.1) is 0 Å². The Hall–Kier alpha value is -3.75. The van der Waals surface area contributed by atoms with Crippen molar-refractivity contribution < 1.29 is 14.3 Å². The van der Waals surface area contributed by atoms with Crippen LogP contribution in [0.2, 0.25) is 0 Å². The summed E-state index contributed by atoms with van der Waals surface area (Å²) in [6.45, 7) is 0.176. The van der Waals surface area contributed by atoms with Crippen molar-refractivity contribution in [3.63, 3.8) is 0 Å². The Morgan fingerprint density at radius 2 is 2.07 bits per heavy atom. The van der Waals surface area contributed by atoms with E-state index >= 15 is 0 Å². The predicted octanol–water partition coefficient (Wildman–Crippen LogP) is 2.41. The second-order valence-corrected chi connectivity index (χ2v) is 7.23. The van der Waals surface area contributed by atoms with Gasteiger partial charge in [0, 0.05) is 23.5 Å². The summed E-state index contributed by atoms with van der Waals surface area (Å²) in [4.78, 5) is 25.9. The molecule has 0 bridgehead atoms. The third kappa shape index (κ3) is 2.74. The summed E-state index contributed by atoms with van der Waals surface area (Å²) >= 11 is 0. The Labute approximate surface area is 164 Å². The monoisotopic (exact) mass is 393 g/mol. The maximum absolute atomic E-state index is 14.8. The molecule has 0 saturated heterocycles. The number of pyridine rings is 1. The van der Waals surface area contributed by atoms with Crippen molar-refractivity contribution in [1.82, 2.24) is 4.57 Å². The highest BCUT2D eigenvalue weighted by molar-refractivity contribution is 6.20. The molecular weight excluding hydrogens is 377 g/mol. The molecule has 8 nitrogen and oxygen atoms in total. The number of aromatic carboxylic acids is 1. The third-order valence-electron chi connectivity index (χ3n) is 5.20. The Morgan fingerprint density at radius 1 is 1.28 bits per heavy atom. The number of carbonyl (C=O) groups is 1. The van der Waals surface area contributed by atoms with E-state index in [1.165, 1.54) is 6.20 Å². The van der Waals surface area contributed by atoms with Crippen LogP contribution in [0.4, 0.5) is 15.9 Å². The van der Waals surface area contributed by atoms with Crippen molar-refractivity contribution in [2.24, 2.45) is 10.2 Å². The number of hydrogen-bond acceptors (Lipinski definition) is 6. The molecule has 2 aromatic rings. The highest BCUT2D eigenvalue weighted by Crippen LogP contribution is 2.41. The Kier molecular flexibility index (Phi) is 3.67. The SMILES string of the molecule is Nc1cccc(C2=NN=C3C(F)=Cc4c(n(C5CC5)cc(C(=O)O)c4=O)N3C2)c1. The Balaban J connectivity index is 1.70. The van der Waals surface area contributed by atoms with Gasteiger partial charge in [-0.1, -0.05) is 12.1 Å². The number of carboxylic acids is 1. The standard InChI is InChI=1S/C20H16FN5O3/c21-15-7-13-17(27)14(20(28)29)8-25(12-4-5-12)19(13)26-9-16(23-24-18(15)26)10-2-1-3-11(22)6-10/h1-3,6-8,12H,4-5,9,22H2,(H,28,29). The normalized spacial score (nSPS) is 17.7. The third-order valence-corrected chi connectivity index (χ3v) is 5.20. The van der Waals surface area contributed by atoms with Crippen LogP contribution in [0.5, 0.6) is 0 Å². The number of nitrogens with zero attached hydrogens (tertiary/aromatic N) is 4. The molecule has 0 amide bonds. The second kappa shape index (κ2) is 6.13. The minimum atomic E-state index is -1.33. The number of rotatable bonds is 3. The van der Waals surface area contributed by atoms with Gasteiger partial charge in [0.05, 0.1) is 17.8 Å². The summed E-state index contributed by atoms with van der Waals surface area (Å²) in [5.41, 5.74) is 6.66. The van der Waals surface area contributed by atoms with Gasteiger partial charge in [0.1, 0.15) is 11.4 Å². The molecule has 1 aliphatic carbocycles. The molecule has 0 unspecified atom stereocenters. The van der Waals surface area contributed by atoms with E-state index in [-0.39, 0.29) is 29.5 Å². The molecule has 1 saturated carbocycles. The van der Waals surface area contributed by atoms with Crippen LogP contribution < -0.4 is 16.1 Å². The zero-order chi connectivity index (χ0) is 20.3. The van der Waals surface area contributed by atoms with Gasteiger partial charge in [0.15, 0.2) is 11.7 Å². The summed E-state index contributed by atoms with van der Waals surface area (Å²) in [7, 11) is 0. The van der Waals surface area contributed by atoms with Gasteiger partial charge in [-0.2, -0.15) is 5.10 Å². The number of carboxylic acid groups (broad SMARTS) is 1.